The average molecular weight is 422 g/mol. The molecule has 1 aromatic heterocycles. The molecule has 2 rings (SSSR count). The molecule has 0 spiro atoms. The maximum absolute atomic E-state index is 12.8. The zero-order valence-corrected chi connectivity index (χ0v) is 14.4. The normalized spacial score (nSPS) is 23.5. The molecule has 1 fully saturated rings. The Labute approximate surface area is 139 Å². The molecule has 1 saturated carbocycles. The van der Waals surface area contributed by atoms with Gasteiger partial charge in [0.05, 0.1) is 5.92 Å². The number of hydrogen-bond donors (Lipinski definition) is 1. The van der Waals surface area contributed by atoms with Crippen LogP contribution in [0.25, 0.3) is 0 Å². The molecule has 1 N–H and O–H groups in total. The monoisotopic (exact) mass is 420 g/mol. The molecule has 0 bridgehead atoms. The number of aromatic nitrogens is 1. The predicted octanol–water partition coefficient (Wildman–Crippen LogP) is 3.90. The molecule has 1 aromatic rings. The van der Waals surface area contributed by atoms with Gasteiger partial charge in [-0.3, -0.25) is 0 Å². The summed E-state index contributed by atoms with van der Waals surface area (Å²) in [5.41, 5.74) is 0. The number of rotatable bonds is 3. The molecule has 2 atom stereocenters. The third kappa shape index (κ3) is 4.33. The Morgan fingerprint density at radius 2 is 2.05 bits per heavy atom. The van der Waals surface area contributed by atoms with E-state index in [1.165, 1.54) is 12.3 Å². The molecule has 2 unspecified atom stereocenters. The maximum Gasteiger partial charge on any atom is 0.391 e. The van der Waals surface area contributed by atoms with Crippen LogP contribution in [0.5, 0.6) is 0 Å². The zero-order chi connectivity index (χ0) is 16.5. The van der Waals surface area contributed by atoms with Crippen molar-refractivity contribution in [2.75, 3.05) is 0 Å². The first kappa shape index (κ1) is 18.0. The summed E-state index contributed by atoms with van der Waals surface area (Å²) in [5, 5.41) is -0.223. The Kier molecular flexibility index (Phi) is 5.41. The Balaban J connectivity index is 2.17. The standard InChI is InChI=1S/C12H13BrClF3N2O2S/c13-8-5-10(11(14)18-6-8)22(20,21)19-9-3-1-2-7(4-9)12(15,16)17/h5-7,9,19H,1-4H2. The summed E-state index contributed by atoms with van der Waals surface area (Å²) in [6, 6.07) is 0.502. The van der Waals surface area contributed by atoms with Crippen LogP contribution in [0.4, 0.5) is 13.2 Å². The van der Waals surface area contributed by atoms with Crippen molar-refractivity contribution in [3.8, 4) is 0 Å². The summed E-state index contributed by atoms with van der Waals surface area (Å²) in [6.45, 7) is 0. The minimum atomic E-state index is -4.31. The summed E-state index contributed by atoms with van der Waals surface area (Å²) in [4.78, 5) is 3.46. The van der Waals surface area contributed by atoms with Gasteiger partial charge in [0.15, 0.2) is 0 Å². The molecular formula is C12H13BrClF3N2O2S. The van der Waals surface area contributed by atoms with E-state index in [9.17, 15) is 21.6 Å². The van der Waals surface area contributed by atoms with Gasteiger partial charge in [-0.05, 0) is 41.3 Å². The van der Waals surface area contributed by atoms with E-state index in [0.29, 0.717) is 17.3 Å². The number of alkyl halides is 3. The third-order valence-electron chi connectivity index (χ3n) is 3.52. The highest BCUT2D eigenvalue weighted by molar-refractivity contribution is 9.10. The number of pyridine rings is 1. The van der Waals surface area contributed by atoms with E-state index >= 15 is 0 Å². The van der Waals surface area contributed by atoms with E-state index in [4.69, 9.17) is 11.6 Å². The van der Waals surface area contributed by atoms with Crippen LogP contribution in [0.2, 0.25) is 5.15 Å². The lowest BCUT2D eigenvalue weighted by Gasteiger charge is -2.30. The lowest BCUT2D eigenvalue weighted by Crippen LogP contribution is -2.41. The molecule has 1 aliphatic rings. The smallest absolute Gasteiger partial charge is 0.242 e. The van der Waals surface area contributed by atoms with E-state index in [1.807, 2.05) is 0 Å². The average Bonchev–Trinajstić information content (AvgIpc) is 2.40. The molecule has 0 amide bonds. The van der Waals surface area contributed by atoms with E-state index in [0.717, 1.165) is 0 Å². The number of nitrogens with zero attached hydrogens (tertiary/aromatic N) is 1. The van der Waals surface area contributed by atoms with Gasteiger partial charge in [0, 0.05) is 16.7 Å². The van der Waals surface area contributed by atoms with Gasteiger partial charge in [-0.1, -0.05) is 18.0 Å². The Bertz CT molecular complexity index is 654. The molecule has 0 aromatic carbocycles. The number of nitrogens with one attached hydrogen (secondary N) is 1. The van der Waals surface area contributed by atoms with Crippen LogP contribution in [0, 0.1) is 5.92 Å². The fourth-order valence-corrected chi connectivity index (χ4v) is 4.70. The second-order valence-electron chi connectivity index (χ2n) is 5.17. The summed E-state index contributed by atoms with van der Waals surface area (Å²) in [6.07, 6.45) is -2.52. The van der Waals surface area contributed by atoms with Gasteiger partial charge in [0.1, 0.15) is 10.0 Å². The van der Waals surface area contributed by atoms with Crippen molar-refractivity contribution >= 4 is 37.6 Å². The van der Waals surface area contributed by atoms with Crippen molar-refractivity contribution in [1.29, 1.82) is 0 Å². The van der Waals surface area contributed by atoms with Gasteiger partial charge < -0.3 is 0 Å². The van der Waals surface area contributed by atoms with Crippen LogP contribution in [-0.2, 0) is 10.0 Å². The summed E-state index contributed by atoms with van der Waals surface area (Å²) in [7, 11) is -4.02. The summed E-state index contributed by atoms with van der Waals surface area (Å²) < 4.78 is 65.6. The lowest BCUT2D eigenvalue weighted by atomic mass is 9.86. The second-order valence-corrected chi connectivity index (χ2v) is 8.12. The summed E-state index contributed by atoms with van der Waals surface area (Å²) >= 11 is 8.86. The lowest BCUT2D eigenvalue weighted by molar-refractivity contribution is -0.183. The predicted molar refractivity (Wildman–Crippen MR) is 79.1 cm³/mol. The van der Waals surface area contributed by atoms with Crippen molar-refractivity contribution in [3.63, 3.8) is 0 Å². The first-order valence-corrected chi connectivity index (χ1v) is 9.15. The fraction of sp³-hybridized carbons (Fsp3) is 0.583. The molecule has 10 heteroatoms. The van der Waals surface area contributed by atoms with Gasteiger partial charge in [-0.25, -0.2) is 18.1 Å². The van der Waals surface area contributed by atoms with Crippen LogP contribution in [0.3, 0.4) is 0 Å². The molecular weight excluding hydrogens is 409 g/mol. The van der Waals surface area contributed by atoms with E-state index in [2.05, 4.69) is 25.6 Å². The zero-order valence-electron chi connectivity index (χ0n) is 11.2. The highest BCUT2D eigenvalue weighted by Crippen LogP contribution is 2.38. The van der Waals surface area contributed by atoms with Crippen LogP contribution < -0.4 is 4.72 Å². The molecule has 1 heterocycles. The van der Waals surface area contributed by atoms with E-state index in [-0.39, 0.29) is 22.9 Å². The third-order valence-corrected chi connectivity index (χ3v) is 5.90. The Morgan fingerprint density at radius 3 is 2.68 bits per heavy atom. The minimum Gasteiger partial charge on any atom is -0.242 e. The van der Waals surface area contributed by atoms with Gasteiger partial charge in [-0.2, -0.15) is 13.2 Å². The van der Waals surface area contributed by atoms with Crippen molar-refractivity contribution in [2.24, 2.45) is 5.92 Å². The highest BCUT2D eigenvalue weighted by Gasteiger charge is 2.43. The maximum atomic E-state index is 12.8. The van der Waals surface area contributed by atoms with Gasteiger partial charge in [0.2, 0.25) is 10.0 Å². The number of sulfonamides is 1. The first-order valence-electron chi connectivity index (χ1n) is 6.49. The SMILES string of the molecule is O=S(=O)(NC1CCCC(C(F)(F)F)C1)c1cc(Br)cnc1Cl. The van der Waals surface area contributed by atoms with Gasteiger partial charge in [0.25, 0.3) is 0 Å². The number of hydrogen-bond acceptors (Lipinski definition) is 3. The Morgan fingerprint density at radius 1 is 1.36 bits per heavy atom. The molecule has 22 heavy (non-hydrogen) atoms. The second kappa shape index (κ2) is 6.62. The molecule has 4 nitrogen and oxygen atoms in total. The minimum absolute atomic E-state index is 0.0287. The van der Waals surface area contributed by atoms with Crippen molar-refractivity contribution in [1.82, 2.24) is 9.71 Å². The van der Waals surface area contributed by atoms with Crippen molar-refractivity contribution in [3.05, 3.63) is 21.9 Å². The topological polar surface area (TPSA) is 59.1 Å². The molecule has 1 aliphatic carbocycles. The van der Waals surface area contributed by atoms with Crippen LogP contribution in [0.1, 0.15) is 25.7 Å². The first-order chi connectivity index (χ1) is 10.1. The highest BCUT2D eigenvalue weighted by atomic mass is 79.9. The van der Waals surface area contributed by atoms with Crippen LogP contribution in [-0.4, -0.2) is 25.6 Å². The molecule has 124 valence electrons. The van der Waals surface area contributed by atoms with E-state index in [1.54, 1.807) is 0 Å². The van der Waals surface area contributed by atoms with Gasteiger partial charge in [-0.15, -0.1) is 0 Å². The van der Waals surface area contributed by atoms with Crippen molar-refractivity contribution < 1.29 is 21.6 Å². The van der Waals surface area contributed by atoms with Crippen LogP contribution >= 0.6 is 27.5 Å². The Hall–Kier alpha value is -0.380. The quantitative estimate of drug-likeness (QED) is 0.753. The fourth-order valence-electron chi connectivity index (χ4n) is 2.47. The summed E-state index contributed by atoms with van der Waals surface area (Å²) in [5.74, 6) is -1.48. The number of halogens is 5. The van der Waals surface area contributed by atoms with Crippen molar-refractivity contribution in [2.45, 2.75) is 42.8 Å². The largest absolute Gasteiger partial charge is 0.391 e. The van der Waals surface area contributed by atoms with E-state index < -0.39 is 28.2 Å². The molecule has 0 aliphatic heterocycles. The molecule has 0 radical (unpaired) electrons. The molecule has 0 saturated heterocycles. The van der Waals surface area contributed by atoms with Crippen LogP contribution in [0.15, 0.2) is 21.6 Å². The van der Waals surface area contributed by atoms with Gasteiger partial charge >= 0.3 is 6.18 Å².